The van der Waals surface area contributed by atoms with Crippen LogP contribution < -0.4 is 4.72 Å². The molecule has 0 aliphatic heterocycles. The molecule has 0 aliphatic rings. The highest BCUT2D eigenvalue weighted by Gasteiger charge is 2.12. The lowest BCUT2D eigenvalue weighted by Crippen LogP contribution is -2.26. The van der Waals surface area contributed by atoms with Crippen molar-refractivity contribution < 1.29 is 17.9 Å². The van der Waals surface area contributed by atoms with Crippen LogP contribution in [0.2, 0.25) is 0 Å². The Kier molecular flexibility index (Phi) is 5.72. The second kappa shape index (κ2) is 7.06. The molecule has 1 aromatic rings. The standard InChI is InChI=1S/C13H17NO4S/c1-3-4-8-14-19(16,17)10-11-6-5-7-12(9-11)13(15)18-2/h3,5-7,9,14H,1,4,8,10H2,2H3. The van der Waals surface area contributed by atoms with E-state index in [1.54, 1.807) is 24.3 Å². The van der Waals surface area contributed by atoms with E-state index < -0.39 is 16.0 Å². The molecule has 0 heterocycles. The largest absolute Gasteiger partial charge is 0.465 e. The number of nitrogens with one attached hydrogen (secondary N) is 1. The molecule has 0 radical (unpaired) electrons. The Morgan fingerprint density at radius 1 is 1.47 bits per heavy atom. The van der Waals surface area contributed by atoms with Gasteiger partial charge in [-0.05, 0) is 24.1 Å². The zero-order valence-electron chi connectivity index (χ0n) is 10.8. The molecule has 19 heavy (non-hydrogen) atoms. The van der Waals surface area contributed by atoms with Crippen LogP contribution in [-0.2, 0) is 20.5 Å². The lowest BCUT2D eigenvalue weighted by atomic mass is 10.1. The molecule has 0 spiro atoms. The third-order valence-electron chi connectivity index (χ3n) is 2.38. The third kappa shape index (κ3) is 5.23. The molecule has 0 fully saturated rings. The van der Waals surface area contributed by atoms with Gasteiger partial charge in [-0.1, -0.05) is 18.2 Å². The van der Waals surface area contributed by atoms with Gasteiger partial charge < -0.3 is 4.74 Å². The Labute approximate surface area is 113 Å². The number of carbonyl (C=O) groups excluding carboxylic acids is 1. The number of carbonyl (C=O) groups is 1. The third-order valence-corrected chi connectivity index (χ3v) is 3.73. The van der Waals surface area contributed by atoms with E-state index in [0.717, 1.165) is 0 Å². The van der Waals surface area contributed by atoms with Gasteiger partial charge in [0.2, 0.25) is 10.0 Å². The number of hydrogen-bond donors (Lipinski definition) is 1. The molecule has 0 amide bonds. The molecule has 0 aliphatic carbocycles. The molecule has 6 heteroatoms. The Bertz CT molecular complexity index is 552. The van der Waals surface area contributed by atoms with E-state index in [4.69, 9.17) is 0 Å². The summed E-state index contributed by atoms with van der Waals surface area (Å²) in [6.45, 7) is 3.84. The predicted octanol–water partition coefficient (Wildman–Crippen LogP) is 1.47. The van der Waals surface area contributed by atoms with Gasteiger partial charge >= 0.3 is 5.97 Å². The van der Waals surface area contributed by atoms with Crippen molar-refractivity contribution in [2.75, 3.05) is 13.7 Å². The summed E-state index contributed by atoms with van der Waals surface area (Å²) in [5.41, 5.74) is 0.871. The van der Waals surface area contributed by atoms with E-state index in [0.29, 0.717) is 24.1 Å². The van der Waals surface area contributed by atoms with Gasteiger partial charge in [-0.3, -0.25) is 0 Å². The summed E-state index contributed by atoms with van der Waals surface area (Å²) >= 11 is 0. The van der Waals surface area contributed by atoms with Crippen molar-refractivity contribution in [2.24, 2.45) is 0 Å². The Morgan fingerprint density at radius 3 is 2.84 bits per heavy atom. The van der Waals surface area contributed by atoms with Crippen molar-refractivity contribution in [1.82, 2.24) is 4.72 Å². The van der Waals surface area contributed by atoms with E-state index in [1.165, 1.54) is 13.2 Å². The normalized spacial score (nSPS) is 11.0. The van der Waals surface area contributed by atoms with Crippen LogP contribution in [0.4, 0.5) is 0 Å². The summed E-state index contributed by atoms with van der Waals surface area (Å²) in [5, 5.41) is 0. The summed E-state index contributed by atoms with van der Waals surface area (Å²) in [5.74, 6) is -0.659. The molecule has 0 bridgehead atoms. The van der Waals surface area contributed by atoms with E-state index in [9.17, 15) is 13.2 Å². The summed E-state index contributed by atoms with van der Waals surface area (Å²) in [7, 11) is -2.13. The maximum Gasteiger partial charge on any atom is 0.337 e. The fraction of sp³-hybridized carbons (Fsp3) is 0.308. The Morgan fingerprint density at radius 2 is 2.21 bits per heavy atom. The van der Waals surface area contributed by atoms with E-state index in [2.05, 4.69) is 16.0 Å². The van der Waals surface area contributed by atoms with E-state index >= 15 is 0 Å². The molecule has 1 N–H and O–H groups in total. The minimum atomic E-state index is -3.41. The SMILES string of the molecule is C=CCCNS(=O)(=O)Cc1cccc(C(=O)OC)c1. The molecule has 1 aromatic carbocycles. The van der Waals surface area contributed by atoms with Gasteiger partial charge in [-0.15, -0.1) is 6.58 Å². The summed E-state index contributed by atoms with van der Waals surface area (Å²) < 4.78 is 30.6. The van der Waals surface area contributed by atoms with E-state index in [-0.39, 0.29) is 5.75 Å². The maximum absolute atomic E-state index is 11.8. The van der Waals surface area contributed by atoms with Gasteiger partial charge in [0.15, 0.2) is 0 Å². The van der Waals surface area contributed by atoms with Crippen LogP contribution in [-0.4, -0.2) is 28.0 Å². The highest BCUT2D eigenvalue weighted by Crippen LogP contribution is 2.09. The number of benzene rings is 1. The van der Waals surface area contributed by atoms with Crippen LogP contribution >= 0.6 is 0 Å². The van der Waals surface area contributed by atoms with Crippen molar-refractivity contribution in [2.45, 2.75) is 12.2 Å². The Balaban J connectivity index is 2.76. The number of sulfonamides is 1. The average molecular weight is 283 g/mol. The van der Waals surface area contributed by atoms with Crippen LogP contribution in [0.15, 0.2) is 36.9 Å². The first-order valence-electron chi connectivity index (χ1n) is 5.74. The smallest absolute Gasteiger partial charge is 0.337 e. The van der Waals surface area contributed by atoms with Crippen LogP contribution in [0.25, 0.3) is 0 Å². The van der Waals surface area contributed by atoms with Gasteiger partial charge in [-0.25, -0.2) is 17.9 Å². The maximum atomic E-state index is 11.8. The number of hydrogen-bond acceptors (Lipinski definition) is 4. The monoisotopic (exact) mass is 283 g/mol. The quantitative estimate of drug-likeness (QED) is 0.467. The van der Waals surface area contributed by atoms with Crippen molar-refractivity contribution >= 4 is 16.0 Å². The van der Waals surface area contributed by atoms with E-state index in [1.807, 2.05) is 0 Å². The van der Waals surface area contributed by atoms with Crippen molar-refractivity contribution in [3.05, 3.63) is 48.0 Å². The first-order chi connectivity index (χ1) is 8.98. The van der Waals surface area contributed by atoms with Crippen LogP contribution in [0.3, 0.4) is 0 Å². The number of methoxy groups -OCH3 is 1. The second-order valence-corrected chi connectivity index (χ2v) is 5.73. The molecule has 0 atom stereocenters. The van der Waals surface area contributed by atoms with Gasteiger partial charge in [-0.2, -0.15) is 0 Å². The number of esters is 1. The lowest BCUT2D eigenvalue weighted by Gasteiger charge is -2.07. The molecule has 1 rings (SSSR count). The Hall–Kier alpha value is -1.66. The summed E-state index contributed by atoms with van der Waals surface area (Å²) in [4.78, 5) is 11.3. The zero-order chi connectivity index (χ0) is 14.3. The lowest BCUT2D eigenvalue weighted by molar-refractivity contribution is 0.0600. The molecule has 104 valence electrons. The highest BCUT2D eigenvalue weighted by atomic mass is 32.2. The summed E-state index contributed by atoms with van der Waals surface area (Å²) in [6.07, 6.45) is 2.21. The minimum absolute atomic E-state index is 0.172. The average Bonchev–Trinajstić information content (AvgIpc) is 2.37. The highest BCUT2D eigenvalue weighted by molar-refractivity contribution is 7.88. The second-order valence-electron chi connectivity index (χ2n) is 3.92. The first-order valence-corrected chi connectivity index (χ1v) is 7.39. The van der Waals surface area contributed by atoms with Crippen molar-refractivity contribution in [3.63, 3.8) is 0 Å². The van der Waals surface area contributed by atoms with Gasteiger partial charge in [0.25, 0.3) is 0 Å². The minimum Gasteiger partial charge on any atom is -0.465 e. The van der Waals surface area contributed by atoms with Crippen LogP contribution in [0, 0.1) is 0 Å². The molecular weight excluding hydrogens is 266 g/mol. The predicted molar refractivity (Wildman–Crippen MR) is 73.2 cm³/mol. The van der Waals surface area contributed by atoms with Crippen molar-refractivity contribution in [1.29, 1.82) is 0 Å². The number of ether oxygens (including phenoxy) is 1. The van der Waals surface area contributed by atoms with Crippen LogP contribution in [0.1, 0.15) is 22.3 Å². The molecule has 0 saturated carbocycles. The molecule has 0 unspecified atom stereocenters. The molecule has 0 saturated heterocycles. The first kappa shape index (κ1) is 15.4. The molecular formula is C13H17NO4S. The van der Waals surface area contributed by atoms with Gasteiger partial charge in [0.1, 0.15) is 0 Å². The fourth-order valence-electron chi connectivity index (χ4n) is 1.49. The summed E-state index contributed by atoms with van der Waals surface area (Å²) in [6, 6.07) is 6.37. The zero-order valence-corrected chi connectivity index (χ0v) is 11.6. The molecule has 0 aromatic heterocycles. The van der Waals surface area contributed by atoms with Gasteiger partial charge in [0.05, 0.1) is 18.4 Å². The van der Waals surface area contributed by atoms with Crippen LogP contribution in [0.5, 0.6) is 0 Å². The fourth-order valence-corrected chi connectivity index (χ4v) is 2.64. The van der Waals surface area contributed by atoms with Crippen molar-refractivity contribution in [3.8, 4) is 0 Å². The van der Waals surface area contributed by atoms with Gasteiger partial charge in [0, 0.05) is 6.54 Å². The number of rotatable bonds is 7. The topological polar surface area (TPSA) is 72.5 Å². The molecule has 5 nitrogen and oxygen atoms in total.